The summed E-state index contributed by atoms with van der Waals surface area (Å²) in [6, 6.07) is 21.1. The number of primary amides is 1. The van der Waals surface area contributed by atoms with Crippen molar-refractivity contribution in [2.75, 3.05) is 20.2 Å². The minimum atomic E-state index is -0.306. The Hall–Kier alpha value is -4.20. The Labute approximate surface area is 197 Å². The second-order valence-electron chi connectivity index (χ2n) is 8.39. The van der Waals surface area contributed by atoms with Gasteiger partial charge in [-0.15, -0.1) is 0 Å². The van der Waals surface area contributed by atoms with E-state index in [1.165, 1.54) is 0 Å². The van der Waals surface area contributed by atoms with Gasteiger partial charge in [0.15, 0.2) is 5.65 Å². The Bertz CT molecular complexity index is 1360. The maximum Gasteiger partial charge on any atom is 0.272 e. The predicted molar refractivity (Wildman–Crippen MR) is 128 cm³/mol. The lowest BCUT2D eigenvalue weighted by Crippen LogP contribution is -2.42. The predicted octanol–water partition coefficient (Wildman–Crippen LogP) is 3.41. The molecule has 1 saturated heterocycles. The highest BCUT2D eigenvalue weighted by atomic mass is 16.5. The molecule has 172 valence electrons. The summed E-state index contributed by atoms with van der Waals surface area (Å²) in [5.74, 6) is 0.0473. The standard InChI is InChI=1S/C26H25N5O3/c1-34-20-9-5-8-19(14-20)23-15-22(26(33)30-12-10-18(11-13-30)25(27)32)28-24-16-21(29-31(23)24)17-6-3-2-4-7-17/h2-9,14-16,18H,10-13H2,1H3,(H2,27,32). The van der Waals surface area contributed by atoms with Crippen LogP contribution >= 0.6 is 0 Å². The van der Waals surface area contributed by atoms with Crippen LogP contribution in [-0.4, -0.2) is 51.5 Å². The van der Waals surface area contributed by atoms with Gasteiger partial charge in [0.05, 0.1) is 18.5 Å². The van der Waals surface area contributed by atoms with Crippen LogP contribution in [-0.2, 0) is 4.79 Å². The van der Waals surface area contributed by atoms with Gasteiger partial charge in [-0.2, -0.15) is 5.10 Å². The van der Waals surface area contributed by atoms with Gasteiger partial charge in [-0.1, -0.05) is 42.5 Å². The fourth-order valence-corrected chi connectivity index (χ4v) is 4.35. The Balaban J connectivity index is 1.59. The summed E-state index contributed by atoms with van der Waals surface area (Å²) in [5, 5.41) is 4.79. The van der Waals surface area contributed by atoms with Crippen LogP contribution in [0.5, 0.6) is 5.75 Å². The number of carbonyl (C=O) groups is 2. The van der Waals surface area contributed by atoms with Crippen LogP contribution in [0, 0.1) is 5.92 Å². The van der Waals surface area contributed by atoms with E-state index in [0.717, 1.165) is 22.5 Å². The van der Waals surface area contributed by atoms with E-state index in [4.69, 9.17) is 15.6 Å². The molecule has 34 heavy (non-hydrogen) atoms. The molecule has 4 aromatic rings. The quantitative estimate of drug-likeness (QED) is 0.497. The van der Waals surface area contributed by atoms with Crippen molar-refractivity contribution in [1.29, 1.82) is 0 Å². The average Bonchev–Trinajstić information content (AvgIpc) is 3.32. The summed E-state index contributed by atoms with van der Waals surface area (Å²) in [6.07, 6.45) is 1.13. The summed E-state index contributed by atoms with van der Waals surface area (Å²) < 4.78 is 7.16. The van der Waals surface area contributed by atoms with Crippen molar-refractivity contribution in [2.45, 2.75) is 12.8 Å². The number of aromatic nitrogens is 3. The third kappa shape index (κ3) is 4.10. The number of nitrogens with zero attached hydrogens (tertiary/aromatic N) is 4. The molecule has 2 aromatic carbocycles. The Morgan fingerprint density at radius 3 is 2.41 bits per heavy atom. The van der Waals surface area contributed by atoms with Gasteiger partial charge in [-0.05, 0) is 31.0 Å². The number of hydrogen-bond donors (Lipinski definition) is 1. The maximum atomic E-state index is 13.4. The molecule has 0 unspecified atom stereocenters. The highest BCUT2D eigenvalue weighted by Gasteiger charge is 2.28. The lowest BCUT2D eigenvalue weighted by molar-refractivity contribution is -0.123. The monoisotopic (exact) mass is 455 g/mol. The van der Waals surface area contributed by atoms with Gasteiger partial charge in [0.1, 0.15) is 11.4 Å². The number of piperidine rings is 1. The van der Waals surface area contributed by atoms with Crippen molar-refractivity contribution in [3.8, 4) is 28.3 Å². The van der Waals surface area contributed by atoms with Crippen LogP contribution in [0.25, 0.3) is 28.2 Å². The summed E-state index contributed by atoms with van der Waals surface area (Å²) >= 11 is 0. The number of ether oxygens (including phenoxy) is 1. The maximum absolute atomic E-state index is 13.4. The third-order valence-corrected chi connectivity index (χ3v) is 6.27. The Morgan fingerprint density at radius 2 is 1.71 bits per heavy atom. The number of hydrogen-bond acceptors (Lipinski definition) is 5. The summed E-state index contributed by atoms with van der Waals surface area (Å²) in [4.78, 5) is 31.3. The van der Waals surface area contributed by atoms with Crippen LogP contribution in [0.1, 0.15) is 23.3 Å². The molecule has 2 aromatic heterocycles. The molecule has 5 rings (SSSR count). The van der Waals surface area contributed by atoms with Crippen LogP contribution in [0.2, 0.25) is 0 Å². The van der Waals surface area contributed by atoms with E-state index in [1.807, 2.05) is 60.7 Å². The topological polar surface area (TPSA) is 103 Å². The Kier molecular flexibility index (Phi) is 5.71. The average molecular weight is 456 g/mol. The van der Waals surface area contributed by atoms with Crippen molar-refractivity contribution in [2.24, 2.45) is 11.7 Å². The molecular weight excluding hydrogens is 430 g/mol. The summed E-state index contributed by atoms with van der Waals surface area (Å²) in [6.45, 7) is 0.949. The number of methoxy groups -OCH3 is 1. The number of fused-ring (bicyclic) bond motifs is 1. The fraction of sp³-hybridized carbons (Fsp3) is 0.231. The van der Waals surface area contributed by atoms with Crippen molar-refractivity contribution >= 4 is 17.5 Å². The SMILES string of the molecule is COc1cccc(-c2cc(C(=O)N3CCC(C(N)=O)CC3)nc3cc(-c4ccccc4)nn23)c1. The van der Waals surface area contributed by atoms with Gasteiger partial charge >= 0.3 is 0 Å². The van der Waals surface area contributed by atoms with Gasteiger partial charge in [-0.3, -0.25) is 9.59 Å². The summed E-state index contributed by atoms with van der Waals surface area (Å²) in [5.41, 5.74) is 9.69. The Morgan fingerprint density at radius 1 is 0.971 bits per heavy atom. The number of amides is 2. The largest absolute Gasteiger partial charge is 0.497 e. The highest BCUT2D eigenvalue weighted by molar-refractivity contribution is 5.94. The minimum Gasteiger partial charge on any atom is -0.497 e. The third-order valence-electron chi connectivity index (χ3n) is 6.27. The number of nitrogens with two attached hydrogens (primary N) is 1. The zero-order valence-corrected chi connectivity index (χ0v) is 18.8. The molecule has 0 aliphatic carbocycles. The summed E-state index contributed by atoms with van der Waals surface area (Å²) in [7, 11) is 1.62. The van der Waals surface area contributed by atoms with Crippen molar-refractivity contribution in [1.82, 2.24) is 19.5 Å². The molecular formula is C26H25N5O3. The van der Waals surface area contributed by atoms with E-state index in [9.17, 15) is 9.59 Å². The zero-order chi connectivity index (χ0) is 23.7. The first-order chi connectivity index (χ1) is 16.5. The van der Waals surface area contributed by atoms with Crippen LogP contribution < -0.4 is 10.5 Å². The van der Waals surface area contributed by atoms with Gasteiger partial charge in [-0.25, -0.2) is 9.50 Å². The van der Waals surface area contributed by atoms with E-state index in [0.29, 0.717) is 43.0 Å². The lowest BCUT2D eigenvalue weighted by Gasteiger charge is -2.30. The van der Waals surface area contributed by atoms with E-state index in [-0.39, 0.29) is 17.7 Å². The van der Waals surface area contributed by atoms with Crippen molar-refractivity contribution in [3.05, 3.63) is 72.4 Å². The molecule has 1 aliphatic heterocycles. The van der Waals surface area contributed by atoms with Gasteiger partial charge < -0.3 is 15.4 Å². The van der Waals surface area contributed by atoms with Gasteiger partial charge in [0.25, 0.3) is 5.91 Å². The number of rotatable bonds is 5. The number of benzene rings is 2. The van der Waals surface area contributed by atoms with E-state index in [2.05, 4.69) is 4.98 Å². The zero-order valence-electron chi connectivity index (χ0n) is 18.8. The second-order valence-corrected chi connectivity index (χ2v) is 8.39. The van der Waals surface area contributed by atoms with E-state index in [1.54, 1.807) is 22.6 Å². The number of likely N-dealkylation sites (tertiary alicyclic amines) is 1. The molecule has 1 aliphatic rings. The molecule has 0 saturated carbocycles. The molecule has 8 heteroatoms. The van der Waals surface area contributed by atoms with Crippen LogP contribution in [0.3, 0.4) is 0 Å². The molecule has 2 N–H and O–H groups in total. The van der Waals surface area contributed by atoms with Gasteiger partial charge in [0, 0.05) is 36.2 Å². The molecule has 2 amide bonds. The first-order valence-corrected chi connectivity index (χ1v) is 11.2. The van der Waals surface area contributed by atoms with Crippen molar-refractivity contribution in [3.63, 3.8) is 0 Å². The molecule has 0 atom stereocenters. The fourth-order valence-electron chi connectivity index (χ4n) is 4.35. The second kappa shape index (κ2) is 8.97. The molecule has 8 nitrogen and oxygen atoms in total. The molecule has 3 heterocycles. The lowest BCUT2D eigenvalue weighted by atomic mass is 9.96. The first-order valence-electron chi connectivity index (χ1n) is 11.2. The molecule has 0 spiro atoms. The highest BCUT2D eigenvalue weighted by Crippen LogP contribution is 2.28. The molecule has 0 radical (unpaired) electrons. The van der Waals surface area contributed by atoms with Crippen LogP contribution in [0.15, 0.2) is 66.7 Å². The number of carbonyl (C=O) groups excluding carboxylic acids is 2. The van der Waals surface area contributed by atoms with E-state index < -0.39 is 0 Å². The smallest absolute Gasteiger partial charge is 0.272 e. The minimum absolute atomic E-state index is 0.169. The van der Waals surface area contributed by atoms with E-state index >= 15 is 0 Å². The van der Waals surface area contributed by atoms with Crippen LogP contribution in [0.4, 0.5) is 0 Å². The molecule has 1 fully saturated rings. The van der Waals surface area contributed by atoms with Crippen molar-refractivity contribution < 1.29 is 14.3 Å². The normalized spacial score (nSPS) is 14.3. The first kappa shape index (κ1) is 21.6. The molecule has 0 bridgehead atoms. The van der Waals surface area contributed by atoms with Gasteiger partial charge in [0.2, 0.25) is 5.91 Å².